The van der Waals surface area contributed by atoms with Gasteiger partial charge in [0.05, 0.1) is 19.3 Å². The van der Waals surface area contributed by atoms with Crippen LogP contribution in [0.1, 0.15) is 23.7 Å². The van der Waals surface area contributed by atoms with Crippen LogP contribution in [0.5, 0.6) is 0 Å². The van der Waals surface area contributed by atoms with E-state index in [0.717, 1.165) is 18.6 Å². The van der Waals surface area contributed by atoms with Gasteiger partial charge < -0.3 is 19.9 Å². The first kappa shape index (κ1) is 16.1. The average molecular weight is 267 g/mol. The van der Waals surface area contributed by atoms with Crippen LogP contribution in [0.3, 0.4) is 0 Å². The lowest BCUT2D eigenvalue weighted by molar-refractivity contribution is 0.00368. The minimum atomic E-state index is -0.0521. The summed E-state index contributed by atoms with van der Waals surface area (Å²) >= 11 is 0. The van der Waals surface area contributed by atoms with Gasteiger partial charge in [0.1, 0.15) is 0 Å². The predicted molar refractivity (Wildman–Crippen MR) is 76.2 cm³/mol. The molecule has 1 atom stereocenters. The van der Waals surface area contributed by atoms with E-state index in [9.17, 15) is 0 Å². The zero-order valence-electron chi connectivity index (χ0n) is 11.9. The molecule has 1 aromatic rings. The van der Waals surface area contributed by atoms with Gasteiger partial charge in [0.15, 0.2) is 0 Å². The van der Waals surface area contributed by atoms with E-state index >= 15 is 0 Å². The summed E-state index contributed by atoms with van der Waals surface area (Å²) in [5.74, 6) is 0. The van der Waals surface area contributed by atoms with Crippen molar-refractivity contribution in [2.24, 2.45) is 5.73 Å². The van der Waals surface area contributed by atoms with Crippen molar-refractivity contribution in [3.63, 3.8) is 0 Å². The first-order valence-corrected chi connectivity index (χ1v) is 6.73. The number of methoxy groups -OCH3 is 1. The van der Waals surface area contributed by atoms with Gasteiger partial charge in [-0.25, -0.2) is 0 Å². The molecule has 4 heteroatoms. The lowest BCUT2D eigenvalue weighted by Gasteiger charge is -2.18. The molecule has 0 saturated carbocycles. The average Bonchev–Trinajstić information content (AvgIpc) is 2.43. The normalized spacial score (nSPS) is 12.6. The summed E-state index contributed by atoms with van der Waals surface area (Å²) in [5.41, 5.74) is 8.14. The van der Waals surface area contributed by atoms with Crippen LogP contribution in [-0.4, -0.2) is 40.1 Å². The van der Waals surface area contributed by atoms with Crippen molar-refractivity contribution >= 4 is 0 Å². The topological polar surface area (TPSA) is 53.7 Å². The van der Waals surface area contributed by atoms with E-state index < -0.39 is 0 Å². The van der Waals surface area contributed by atoms with Crippen molar-refractivity contribution in [2.75, 3.05) is 40.1 Å². The van der Waals surface area contributed by atoms with E-state index in [4.69, 9.17) is 19.9 Å². The number of rotatable bonds is 10. The summed E-state index contributed by atoms with van der Waals surface area (Å²) < 4.78 is 16.2. The van der Waals surface area contributed by atoms with Gasteiger partial charge in [-0.15, -0.1) is 0 Å². The van der Waals surface area contributed by atoms with Gasteiger partial charge in [0.25, 0.3) is 0 Å². The zero-order valence-corrected chi connectivity index (χ0v) is 11.9. The molecule has 0 bridgehead atoms. The quantitative estimate of drug-likeness (QED) is 0.659. The highest BCUT2D eigenvalue weighted by atomic mass is 16.5. The minimum absolute atomic E-state index is 0.0521. The first-order chi connectivity index (χ1) is 9.29. The number of aryl methyl sites for hydroxylation is 1. The maximum Gasteiger partial charge on any atom is 0.0950 e. The Morgan fingerprint density at radius 2 is 1.89 bits per heavy atom. The van der Waals surface area contributed by atoms with Crippen LogP contribution in [0.25, 0.3) is 0 Å². The molecular weight excluding hydrogens is 242 g/mol. The molecule has 1 aromatic carbocycles. The monoisotopic (exact) mass is 267 g/mol. The molecule has 0 amide bonds. The maximum atomic E-state index is 5.78. The number of nitrogens with two attached hydrogens (primary N) is 1. The Balaban J connectivity index is 2.24. The summed E-state index contributed by atoms with van der Waals surface area (Å²) in [7, 11) is 1.69. The van der Waals surface area contributed by atoms with Gasteiger partial charge in [-0.2, -0.15) is 0 Å². The molecular formula is C15H25NO3. The van der Waals surface area contributed by atoms with Crippen LogP contribution in [0, 0.1) is 6.92 Å². The third-order valence-electron chi connectivity index (χ3n) is 2.93. The van der Waals surface area contributed by atoms with E-state index in [1.54, 1.807) is 7.11 Å². The fourth-order valence-corrected chi connectivity index (χ4v) is 1.89. The Bertz CT molecular complexity index is 344. The van der Waals surface area contributed by atoms with Crippen LogP contribution < -0.4 is 5.73 Å². The maximum absolute atomic E-state index is 5.78. The highest BCUT2D eigenvalue weighted by molar-refractivity contribution is 5.27. The summed E-state index contributed by atoms with van der Waals surface area (Å²) in [6.07, 6.45) is 0.859. The molecule has 0 spiro atoms. The number of benzene rings is 1. The fraction of sp³-hybridized carbons (Fsp3) is 0.600. The van der Waals surface area contributed by atoms with Crippen LogP contribution in [0.2, 0.25) is 0 Å². The van der Waals surface area contributed by atoms with Crippen LogP contribution in [0.4, 0.5) is 0 Å². The van der Waals surface area contributed by atoms with Gasteiger partial charge in [-0.1, -0.05) is 24.3 Å². The minimum Gasteiger partial charge on any atom is -0.385 e. The molecule has 0 fully saturated rings. The molecule has 0 aromatic heterocycles. The molecule has 0 heterocycles. The molecule has 0 saturated heterocycles. The molecule has 1 unspecified atom stereocenters. The Morgan fingerprint density at radius 3 is 2.58 bits per heavy atom. The Labute approximate surface area is 115 Å². The van der Waals surface area contributed by atoms with Gasteiger partial charge in [-0.3, -0.25) is 0 Å². The van der Waals surface area contributed by atoms with Crippen LogP contribution >= 0.6 is 0 Å². The zero-order chi connectivity index (χ0) is 13.9. The Morgan fingerprint density at radius 1 is 1.11 bits per heavy atom. The van der Waals surface area contributed by atoms with Crippen LogP contribution in [-0.2, 0) is 14.2 Å². The summed E-state index contributed by atoms with van der Waals surface area (Å²) in [5, 5.41) is 0. The third kappa shape index (κ3) is 6.16. The molecule has 0 aliphatic carbocycles. The standard InChI is InChI=1S/C15H25NO3/c1-13-6-3-4-7-14(13)15(12-16)19-11-10-18-9-5-8-17-2/h3-4,6-7,15H,5,8-12,16H2,1-2H3. The highest BCUT2D eigenvalue weighted by Crippen LogP contribution is 2.19. The van der Waals surface area contributed by atoms with Gasteiger partial charge >= 0.3 is 0 Å². The molecule has 4 nitrogen and oxygen atoms in total. The van der Waals surface area contributed by atoms with Gasteiger partial charge in [0, 0.05) is 26.9 Å². The lowest BCUT2D eigenvalue weighted by Crippen LogP contribution is -2.19. The second kappa shape index (κ2) is 9.92. The first-order valence-electron chi connectivity index (χ1n) is 6.73. The van der Waals surface area contributed by atoms with E-state index in [1.807, 2.05) is 12.1 Å². The van der Waals surface area contributed by atoms with E-state index in [0.29, 0.717) is 26.4 Å². The van der Waals surface area contributed by atoms with Crippen molar-refractivity contribution in [3.8, 4) is 0 Å². The second-order valence-corrected chi connectivity index (χ2v) is 4.41. The van der Waals surface area contributed by atoms with Crippen molar-refractivity contribution in [1.82, 2.24) is 0 Å². The van der Waals surface area contributed by atoms with Crippen molar-refractivity contribution in [2.45, 2.75) is 19.4 Å². The molecule has 108 valence electrons. The molecule has 0 radical (unpaired) electrons. The number of hydrogen-bond donors (Lipinski definition) is 1. The van der Waals surface area contributed by atoms with Gasteiger partial charge in [-0.05, 0) is 24.5 Å². The Hall–Kier alpha value is -0.940. The van der Waals surface area contributed by atoms with E-state index in [1.165, 1.54) is 5.56 Å². The van der Waals surface area contributed by atoms with Crippen molar-refractivity contribution in [1.29, 1.82) is 0 Å². The Kier molecular flexibility index (Phi) is 8.41. The van der Waals surface area contributed by atoms with Gasteiger partial charge in [0.2, 0.25) is 0 Å². The number of hydrogen-bond acceptors (Lipinski definition) is 4. The molecule has 19 heavy (non-hydrogen) atoms. The third-order valence-corrected chi connectivity index (χ3v) is 2.93. The fourth-order valence-electron chi connectivity index (χ4n) is 1.89. The van der Waals surface area contributed by atoms with Crippen LogP contribution in [0.15, 0.2) is 24.3 Å². The SMILES string of the molecule is COCCCOCCOC(CN)c1ccccc1C. The summed E-state index contributed by atoms with van der Waals surface area (Å²) in [6.45, 7) is 5.14. The lowest BCUT2D eigenvalue weighted by atomic mass is 10.0. The molecule has 1 rings (SSSR count). The van der Waals surface area contributed by atoms with Crippen molar-refractivity contribution in [3.05, 3.63) is 35.4 Å². The largest absolute Gasteiger partial charge is 0.385 e. The smallest absolute Gasteiger partial charge is 0.0950 e. The second-order valence-electron chi connectivity index (χ2n) is 4.41. The summed E-state index contributed by atoms with van der Waals surface area (Å²) in [6, 6.07) is 8.16. The van der Waals surface area contributed by atoms with E-state index in [2.05, 4.69) is 19.1 Å². The molecule has 0 aliphatic rings. The number of ether oxygens (including phenoxy) is 3. The predicted octanol–water partition coefficient (Wildman–Crippen LogP) is 2.06. The van der Waals surface area contributed by atoms with Crippen molar-refractivity contribution < 1.29 is 14.2 Å². The summed E-state index contributed by atoms with van der Waals surface area (Å²) in [4.78, 5) is 0. The highest BCUT2D eigenvalue weighted by Gasteiger charge is 2.11. The molecule has 2 N–H and O–H groups in total. The van der Waals surface area contributed by atoms with E-state index in [-0.39, 0.29) is 6.10 Å². The molecule has 0 aliphatic heterocycles.